The number of amides is 2. The summed E-state index contributed by atoms with van der Waals surface area (Å²) in [6.45, 7) is 3.75. The molecule has 10 heteroatoms. The molecule has 1 rings (SSSR count). The molecule has 140 valence electrons. The maximum absolute atomic E-state index is 11.8. The summed E-state index contributed by atoms with van der Waals surface area (Å²) in [7, 11) is 1.47. The highest BCUT2D eigenvalue weighted by Gasteiger charge is 2.24. The highest BCUT2D eigenvalue weighted by molar-refractivity contribution is 6.54. The van der Waals surface area contributed by atoms with E-state index in [1.54, 1.807) is 18.2 Å². The number of hydrogen-bond donors (Lipinski definition) is 2. The number of alkyl halides is 4. The normalized spacial score (nSPS) is 11.2. The molecule has 2 amide bonds. The lowest BCUT2D eigenvalue weighted by Crippen LogP contribution is -2.44. The molecule has 0 saturated heterocycles. The monoisotopic (exact) mass is 430 g/mol. The summed E-state index contributed by atoms with van der Waals surface area (Å²) in [5.74, 6) is -0.467. The molecule has 25 heavy (non-hydrogen) atoms. The Bertz CT molecular complexity index is 589. The van der Waals surface area contributed by atoms with E-state index in [-0.39, 0.29) is 6.10 Å². The van der Waals surface area contributed by atoms with Gasteiger partial charge in [0, 0.05) is 0 Å². The van der Waals surface area contributed by atoms with Gasteiger partial charge < -0.3 is 20.1 Å². The number of carbonyl (C=O) groups excluding carboxylic acids is 2. The van der Waals surface area contributed by atoms with Crippen molar-refractivity contribution >= 4 is 58.2 Å². The Morgan fingerprint density at radius 3 is 1.88 bits per heavy atom. The van der Waals surface area contributed by atoms with Crippen molar-refractivity contribution in [2.75, 3.05) is 7.11 Å². The van der Waals surface area contributed by atoms with E-state index in [2.05, 4.69) is 10.6 Å². The topological polar surface area (TPSA) is 76.7 Å². The van der Waals surface area contributed by atoms with Crippen molar-refractivity contribution in [1.82, 2.24) is 10.6 Å². The summed E-state index contributed by atoms with van der Waals surface area (Å²) in [6, 6.07) is 4.88. The van der Waals surface area contributed by atoms with Crippen LogP contribution in [0.4, 0.5) is 0 Å². The van der Waals surface area contributed by atoms with Gasteiger partial charge in [-0.25, -0.2) is 0 Å². The lowest BCUT2D eigenvalue weighted by Gasteiger charge is -2.23. The van der Waals surface area contributed by atoms with Gasteiger partial charge in [-0.05, 0) is 31.5 Å². The van der Waals surface area contributed by atoms with Gasteiger partial charge in [0.2, 0.25) is 0 Å². The van der Waals surface area contributed by atoms with E-state index in [9.17, 15) is 9.59 Å². The zero-order chi connectivity index (χ0) is 19.1. The number of hydrogen-bond acceptors (Lipinski definition) is 4. The fraction of sp³-hybridized carbons (Fsp3) is 0.467. The van der Waals surface area contributed by atoms with Crippen molar-refractivity contribution in [2.45, 2.75) is 35.8 Å². The van der Waals surface area contributed by atoms with E-state index in [0.717, 1.165) is 0 Å². The first-order chi connectivity index (χ1) is 11.6. The third-order valence-corrected chi connectivity index (χ3v) is 3.65. The summed E-state index contributed by atoms with van der Waals surface area (Å²) in [5.41, 5.74) is 0.484. The molecule has 0 aliphatic rings. The molecule has 1 aromatic rings. The van der Waals surface area contributed by atoms with Crippen molar-refractivity contribution in [2.24, 2.45) is 0 Å². The molecule has 0 spiro atoms. The van der Waals surface area contributed by atoms with Gasteiger partial charge in [-0.2, -0.15) is 0 Å². The summed E-state index contributed by atoms with van der Waals surface area (Å²) >= 11 is 22.2. The van der Waals surface area contributed by atoms with Gasteiger partial charge in [-0.15, -0.1) is 0 Å². The first-order valence-electron chi connectivity index (χ1n) is 7.17. The van der Waals surface area contributed by atoms with Gasteiger partial charge in [0.25, 0.3) is 11.8 Å². The average molecular weight is 432 g/mol. The third-order valence-electron chi connectivity index (χ3n) is 2.85. The van der Waals surface area contributed by atoms with Gasteiger partial charge in [0.05, 0.1) is 13.2 Å². The fourth-order valence-corrected chi connectivity index (χ4v) is 2.08. The predicted octanol–water partition coefficient (Wildman–Crippen LogP) is 3.32. The Kier molecular flexibility index (Phi) is 8.93. The van der Waals surface area contributed by atoms with Crippen molar-refractivity contribution in [3.05, 3.63) is 23.8 Å². The predicted molar refractivity (Wildman–Crippen MR) is 98.8 cm³/mol. The Morgan fingerprint density at radius 2 is 1.48 bits per heavy atom. The number of carbonyl (C=O) groups is 2. The fourth-order valence-electron chi connectivity index (χ4n) is 1.83. The molecule has 0 aromatic heterocycles. The molecule has 0 aliphatic heterocycles. The molecule has 0 heterocycles. The van der Waals surface area contributed by atoms with Crippen LogP contribution in [0.3, 0.4) is 0 Å². The molecule has 0 bridgehead atoms. The second-order valence-electron chi connectivity index (χ2n) is 5.13. The number of benzene rings is 1. The van der Waals surface area contributed by atoms with E-state index in [1.807, 2.05) is 13.8 Å². The second kappa shape index (κ2) is 10.2. The second-order valence-corrected chi connectivity index (χ2v) is 7.32. The molecule has 6 nitrogen and oxygen atoms in total. The lowest BCUT2D eigenvalue weighted by atomic mass is 10.1. The highest BCUT2D eigenvalue weighted by Crippen LogP contribution is 2.31. The standard InChI is InChI=1S/C15H18Cl4N2O4/c1-7(2)25-9-5-4-8(6-10(9)24-3)13(20-14(22)11(16)17)21-15(23)12(18)19/h4-7,11-13H,1-3H3,(H,20,22)(H,21,23). The van der Waals surface area contributed by atoms with E-state index in [1.165, 1.54) is 7.11 Å². The summed E-state index contributed by atoms with van der Waals surface area (Å²) in [6.07, 6.45) is -1.03. The van der Waals surface area contributed by atoms with E-state index in [0.29, 0.717) is 17.1 Å². The van der Waals surface area contributed by atoms with Gasteiger partial charge in [-0.1, -0.05) is 52.5 Å². The largest absolute Gasteiger partial charge is 0.493 e. The third kappa shape index (κ3) is 6.98. The molecule has 0 radical (unpaired) electrons. The zero-order valence-electron chi connectivity index (χ0n) is 13.7. The SMILES string of the molecule is COc1cc(C(NC(=O)C(Cl)Cl)NC(=O)C(Cl)Cl)ccc1OC(C)C. The van der Waals surface area contributed by atoms with Crippen molar-refractivity contribution < 1.29 is 19.1 Å². The van der Waals surface area contributed by atoms with E-state index in [4.69, 9.17) is 55.9 Å². The van der Waals surface area contributed by atoms with E-state index >= 15 is 0 Å². The minimum absolute atomic E-state index is 0.0588. The highest BCUT2D eigenvalue weighted by atomic mass is 35.5. The Morgan fingerprint density at radius 1 is 0.960 bits per heavy atom. The molecule has 0 saturated carbocycles. The van der Waals surface area contributed by atoms with Gasteiger partial charge in [-0.3, -0.25) is 9.59 Å². The molecule has 2 N–H and O–H groups in total. The summed E-state index contributed by atoms with van der Waals surface area (Å²) < 4.78 is 10.9. The first kappa shape index (κ1) is 22.0. The van der Waals surface area contributed by atoms with Gasteiger partial charge >= 0.3 is 0 Å². The Labute approximate surface area is 166 Å². The molecular weight excluding hydrogens is 414 g/mol. The number of rotatable bonds is 8. The van der Waals surface area contributed by atoms with Crippen LogP contribution in [0, 0.1) is 0 Å². The summed E-state index contributed by atoms with van der Waals surface area (Å²) in [5, 5.41) is 4.96. The van der Waals surface area contributed by atoms with Crippen LogP contribution >= 0.6 is 46.4 Å². The van der Waals surface area contributed by atoms with Crippen LogP contribution in [0.5, 0.6) is 11.5 Å². The minimum atomic E-state index is -1.31. The van der Waals surface area contributed by atoms with Crippen LogP contribution < -0.4 is 20.1 Å². The van der Waals surface area contributed by atoms with Crippen molar-refractivity contribution in [3.8, 4) is 11.5 Å². The van der Waals surface area contributed by atoms with Crippen LogP contribution in [-0.2, 0) is 9.59 Å². The van der Waals surface area contributed by atoms with Crippen LogP contribution in [0.2, 0.25) is 0 Å². The number of halogens is 4. The first-order valence-corrected chi connectivity index (χ1v) is 8.92. The molecular formula is C15H18Cl4N2O4. The maximum atomic E-state index is 11.8. The molecule has 0 aliphatic carbocycles. The smallest absolute Gasteiger partial charge is 0.255 e. The summed E-state index contributed by atoms with van der Waals surface area (Å²) in [4.78, 5) is 21.0. The molecule has 0 unspecified atom stereocenters. The Balaban J connectivity index is 3.15. The van der Waals surface area contributed by atoms with Crippen LogP contribution in [0.1, 0.15) is 25.6 Å². The van der Waals surface area contributed by atoms with Crippen molar-refractivity contribution in [3.63, 3.8) is 0 Å². The quantitative estimate of drug-likeness (QED) is 0.488. The number of methoxy groups -OCH3 is 1. The minimum Gasteiger partial charge on any atom is -0.493 e. The van der Waals surface area contributed by atoms with Crippen LogP contribution in [-0.4, -0.2) is 34.7 Å². The number of ether oxygens (including phenoxy) is 2. The molecule has 0 atom stereocenters. The van der Waals surface area contributed by atoms with Crippen LogP contribution in [0.15, 0.2) is 18.2 Å². The molecule has 1 aromatic carbocycles. The Hall–Kier alpha value is -1.08. The molecule has 0 fully saturated rings. The van der Waals surface area contributed by atoms with E-state index < -0.39 is 27.7 Å². The lowest BCUT2D eigenvalue weighted by molar-refractivity contribution is -0.122. The maximum Gasteiger partial charge on any atom is 0.255 e. The van der Waals surface area contributed by atoms with Crippen LogP contribution in [0.25, 0.3) is 0 Å². The van der Waals surface area contributed by atoms with Crippen molar-refractivity contribution in [1.29, 1.82) is 0 Å². The van der Waals surface area contributed by atoms with Gasteiger partial charge in [0.15, 0.2) is 21.2 Å². The van der Waals surface area contributed by atoms with Gasteiger partial charge in [0.1, 0.15) is 6.17 Å². The average Bonchev–Trinajstić information content (AvgIpc) is 2.53. The zero-order valence-corrected chi connectivity index (χ0v) is 16.7. The number of nitrogens with one attached hydrogen (secondary N) is 2.